The summed E-state index contributed by atoms with van der Waals surface area (Å²) in [5, 5.41) is 4.76. The summed E-state index contributed by atoms with van der Waals surface area (Å²) in [6.07, 6.45) is 0. The number of amides is 2. The summed E-state index contributed by atoms with van der Waals surface area (Å²) in [6.45, 7) is 2.41. The number of rotatable bonds is 1. The number of hydrogen-bond acceptors (Lipinski definition) is 7. The van der Waals surface area contributed by atoms with Gasteiger partial charge in [0.1, 0.15) is 0 Å². The Morgan fingerprint density at radius 2 is 1.88 bits per heavy atom. The fourth-order valence-electron chi connectivity index (χ4n) is 0.758. The van der Waals surface area contributed by atoms with E-state index >= 15 is 0 Å². The van der Waals surface area contributed by atoms with Crippen LogP contribution in [0.2, 0.25) is 0 Å². The van der Waals surface area contributed by atoms with Crippen LogP contribution in [0.4, 0.5) is 4.79 Å². The van der Waals surface area contributed by atoms with Crippen molar-refractivity contribution in [3.05, 3.63) is 0 Å². The number of nitrogens with zero attached hydrogens (tertiary/aromatic N) is 1. The Morgan fingerprint density at radius 1 is 1.44 bits per heavy atom. The van der Waals surface area contributed by atoms with Gasteiger partial charge < -0.3 is 33.1 Å². The fraction of sp³-hybridized carbons (Fsp3) is 0.750. The summed E-state index contributed by atoms with van der Waals surface area (Å²) < 4.78 is 0. The average molecular weight is 283 g/mol. The molecule has 0 saturated carbocycles. The zero-order valence-electron chi connectivity index (χ0n) is 10.1. The molecule has 0 aliphatic carbocycles. The summed E-state index contributed by atoms with van der Waals surface area (Å²) in [4.78, 5) is 39.5. The Bertz CT molecular complexity index is 193. The number of carbonyl (C=O) groups excluding carboxylic acids is 1. The van der Waals surface area contributed by atoms with Crippen molar-refractivity contribution in [3.8, 4) is 0 Å². The second-order valence-electron chi connectivity index (χ2n) is 2.50. The minimum absolute atomic E-state index is 0. The molecule has 0 aromatic heterocycles. The number of urea groups is 1. The maximum atomic E-state index is 10.2. The molecule has 1 aliphatic rings. The molecule has 1 saturated heterocycles. The van der Waals surface area contributed by atoms with Crippen LogP contribution < -0.4 is 16.5 Å². The molecule has 0 spiro atoms. The van der Waals surface area contributed by atoms with Crippen molar-refractivity contribution in [2.75, 3.05) is 19.8 Å². The van der Waals surface area contributed by atoms with Gasteiger partial charge in [-0.05, 0) is 0 Å². The van der Waals surface area contributed by atoms with E-state index in [-0.39, 0.29) is 43.3 Å². The fourth-order valence-corrected chi connectivity index (χ4v) is 0.758. The minimum Gasteiger partial charge on any atom is -1.00 e. The number of hydrogen-bond donors (Lipinski definition) is 7. The Hall–Kier alpha value is 0.546. The second kappa shape index (κ2) is 10.7. The molecule has 0 radical (unpaired) electrons. The van der Waals surface area contributed by atoms with Gasteiger partial charge in [0, 0.05) is 13.1 Å². The van der Waals surface area contributed by atoms with Gasteiger partial charge in [-0.25, -0.2) is 9.80 Å². The third kappa shape index (κ3) is 20.0. The molecular formula is C4H19AlMgN4O5Si. The zero-order chi connectivity index (χ0) is 11.2. The SMILES string of the molecule is NC(=O)NN1CCNC1.O[Si](O)(O)O.[AlH3].[H-].[H-].[Mg+2]. The molecule has 1 rings (SSSR count). The molecule has 0 bridgehead atoms. The summed E-state index contributed by atoms with van der Waals surface area (Å²) in [5.74, 6) is 0. The third-order valence-electron chi connectivity index (χ3n) is 1.13. The molecule has 94 valence electrons. The van der Waals surface area contributed by atoms with E-state index in [1.54, 1.807) is 5.01 Å². The Morgan fingerprint density at radius 3 is 2.12 bits per heavy atom. The van der Waals surface area contributed by atoms with Crippen LogP contribution in [0.3, 0.4) is 0 Å². The van der Waals surface area contributed by atoms with Gasteiger partial charge in [-0.1, -0.05) is 0 Å². The van der Waals surface area contributed by atoms with E-state index < -0.39 is 15.1 Å². The summed E-state index contributed by atoms with van der Waals surface area (Å²) >= 11 is 0. The van der Waals surface area contributed by atoms with Crippen molar-refractivity contribution in [1.29, 1.82) is 0 Å². The van der Waals surface area contributed by atoms with Gasteiger partial charge in [-0.15, -0.1) is 0 Å². The summed E-state index contributed by atoms with van der Waals surface area (Å²) in [5.41, 5.74) is 7.30. The molecule has 8 N–H and O–H groups in total. The van der Waals surface area contributed by atoms with E-state index in [1.165, 1.54) is 0 Å². The molecule has 1 aliphatic heterocycles. The third-order valence-corrected chi connectivity index (χ3v) is 1.13. The molecule has 0 atom stereocenters. The molecular weight excluding hydrogens is 263 g/mol. The van der Waals surface area contributed by atoms with E-state index in [4.69, 9.17) is 24.9 Å². The minimum atomic E-state index is -4.61. The van der Waals surface area contributed by atoms with Crippen molar-refractivity contribution in [2.24, 2.45) is 5.73 Å². The van der Waals surface area contributed by atoms with Crippen LogP contribution in [0, 0.1) is 0 Å². The van der Waals surface area contributed by atoms with Gasteiger partial charge in [-0.2, -0.15) is 0 Å². The number of primary amides is 1. The zero-order valence-corrected chi connectivity index (χ0v) is 10.5. The van der Waals surface area contributed by atoms with Crippen molar-refractivity contribution >= 4 is 55.5 Å². The largest absolute Gasteiger partial charge is 2.00 e. The Kier molecular flexibility index (Phi) is 14.6. The standard InChI is InChI=1S/C4H10N4O.Al.Mg.H4O4Si.5H/c5-4(9)7-8-2-1-6-3-8;;;1-5(2,3)4;;;;;/h6H,1-3H2,(H3,5,7,9);;;1-4H;;;;;/q;;+2;;;;;2*-1. The van der Waals surface area contributed by atoms with Gasteiger partial charge >= 0.3 is 38.1 Å². The van der Waals surface area contributed by atoms with Crippen molar-refractivity contribution in [1.82, 2.24) is 15.8 Å². The number of nitrogens with two attached hydrogens (primary N) is 1. The van der Waals surface area contributed by atoms with E-state index in [9.17, 15) is 4.79 Å². The average Bonchev–Trinajstić information content (AvgIpc) is 2.33. The molecule has 2 amide bonds. The Balaban J connectivity index is -0.0000000567. The van der Waals surface area contributed by atoms with Crippen molar-refractivity contribution in [2.45, 2.75) is 0 Å². The first-order chi connectivity index (χ1) is 6.29. The predicted octanol–water partition coefficient (Wildman–Crippen LogP) is -5.52. The van der Waals surface area contributed by atoms with Crippen LogP contribution in [-0.4, -0.2) is 99.4 Å². The number of carbonyl (C=O) groups is 1. The maximum absolute atomic E-state index is 10.2. The van der Waals surface area contributed by atoms with Crippen LogP contribution in [0.5, 0.6) is 0 Å². The van der Waals surface area contributed by atoms with Gasteiger partial charge in [-0.3, -0.25) is 5.43 Å². The number of hydrazine groups is 1. The summed E-state index contributed by atoms with van der Waals surface area (Å²) in [6, 6.07) is -0.501. The molecule has 12 heteroatoms. The Labute approximate surface area is 123 Å². The first kappa shape index (κ1) is 21.8. The second-order valence-corrected chi connectivity index (χ2v) is 3.70. The van der Waals surface area contributed by atoms with Gasteiger partial charge in [0.2, 0.25) is 0 Å². The normalized spacial score (nSPS) is 15.0. The van der Waals surface area contributed by atoms with Crippen LogP contribution in [-0.2, 0) is 0 Å². The van der Waals surface area contributed by atoms with Gasteiger partial charge in [0.05, 0.1) is 6.67 Å². The molecule has 1 heterocycles. The van der Waals surface area contributed by atoms with E-state index in [1.807, 2.05) is 0 Å². The molecule has 1 fully saturated rings. The molecule has 0 aromatic rings. The van der Waals surface area contributed by atoms with E-state index in [2.05, 4.69) is 10.7 Å². The topological polar surface area (TPSA) is 151 Å². The predicted molar refractivity (Wildman–Crippen MR) is 64.8 cm³/mol. The smallest absolute Gasteiger partial charge is 1.00 e. The van der Waals surface area contributed by atoms with Crippen LogP contribution >= 0.6 is 0 Å². The number of nitrogens with one attached hydrogen (secondary N) is 2. The first-order valence-corrected chi connectivity index (χ1v) is 5.49. The van der Waals surface area contributed by atoms with Gasteiger partial charge in [0.15, 0.2) is 17.4 Å². The van der Waals surface area contributed by atoms with Crippen LogP contribution in [0.25, 0.3) is 0 Å². The maximum Gasteiger partial charge on any atom is 2.00 e. The molecule has 16 heavy (non-hydrogen) atoms. The van der Waals surface area contributed by atoms with Crippen molar-refractivity contribution < 1.29 is 26.8 Å². The molecule has 9 nitrogen and oxygen atoms in total. The van der Waals surface area contributed by atoms with E-state index in [0.717, 1.165) is 13.1 Å². The molecule has 0 unspecified atom stereocenters. The summed E-state index contributed by atoms with van der Waals surface area (Å²) in [7, 11) is -4.61. The monoisotopic (exact) mass is 282 g/mol. The van der Waals surface area contributed by atoms with Gasteiger partial charge in [0.25, 0.3) is 0 Å². The first-order valence-electron chi connectivity index (χ1n) is 3.70. The van der Waals surface area contributed by atoms with Crippen LogP contribution in [0.1, 0.15) is 2.85 Å². The van der Waals surface area contributed by atoms with Crippen LogP contribution in [0.15, 0.2) is 0 Å². The van der Waals surface area contributed by atoms with E-state index in [0.29, 0.717) is 6.67 Å². The molecule has 0 aromatic carbocycles. The van der Waals surface area contributed by atoms with Crippen molar-refractivity contribution in [3.63, 3.8) is 0 Å². The quantitative estimate of drug-likeness (QED) is 0.237.